The first-order valence-electron chi connectivity index (χ1n) is 4.99. The Morgan fingerprint density at radius 3 is 3.00 bits per heavy atom. The van der Waals surface area contributed by atoms with Crippen LogP contribution in [0.15, 0.2) is 4.52 Å². The molecule has 0 N–H and O–H groups in total. The number of carbonyl (C=O) groups is 1. The Morgan fingerprint density at radius 1 is 1.53 bits per heavy atom. The molecule has 0 spiro atoms. The third kappa shape index (κ3) is 3.41. The van der Waals surface area contributed by atoms with Gasteiger partial charge in [0.2, 0.25) is 11.7 Å². The summed E-state index contributed by atoms with van der Waals surface area (Å²) in [5.41, 5.74) is 0. The monoisotopic (exact) mass is 280 g/mol. The minimum absolute atomic E-state index is 0.0264. The zero-order valence-electron chi connectivity index (χ0n) is 8.77. The molecular formula is C9H10F2N2O2S2. The highest BCUT2D eigenvalue weighted by Gasteiger charge is 2.24. The van der Waals surface area contributed by atoms with Crippen molar-refractivity contribution < 1.29 is 18.1 Å². The molecule has 1 aromatic rings. The Labute approximate surface area is 105 Å². The van der Waals surface area contributed by atoms with E-state index >= 15 is 0 Å². The molecule has 1 saturated heterocycles. The number of rotatable bonds is 4. The predicted molar refractivity (Wildman–Crippen MR) is 61.5 cm³/mol. The van der Waals surface area contributed by atoms with E-state index in [1.807, 2.05) is 0 Å². The summed E-state index contributed by atoms with van der Waals surface area (Å²) in [4.78, 5) is 14.8. The van der Waals surface area contributed by atoms with Gasteiger partial charge in [-0.1, -0.05) is 5.16 Å². The van der Waals surface area contributed by atoms with E-state index in [2.05, 4.69) is 10.1 Å². The Balaban J connectivity index is 1.97. The van der Waals surface area contributed by atoms with Crippen molar-refractivity contribution in [2.24, 2.45) is 0 Å². The maximum Gasteiger partial charge on any atom is 0.296 e. The standard InChI is InChI=1S/C9H10F2N2O2S2/c10-8(11)5(14)3-7-12-9(13-15-7)6-4-16-1-2-17-6/h6,8H,1-4H2. The Morgan fingerprint density at radius 2 is 2.35 bits per heavy atom. The van der Waals surface area contributed by atoms with Gasteiger partial charge in [0.15, 0.2) is 5.82 Å². The summed E-state index contributed by atoms with van der Waals surface area (Å²) < 4.78 is 28.9. The fraction of sp³-hybridized carbons (Fsp3) is 0.667. The average Bonchev–Trinajstić information content (AvgIpc) is 2.78. The lowest BCUT2D eigenvalue weighted by Crippen LogP contribution is -2.13. The van der Waals surface area contributed by atoms with Crippen molar-refractivity contribution in [2.75, 3.05) is 17.3 Å². The molecule has 4 nitrogen and oxygen atoms in total. The summed E-state index contributed by atoms with van der Waals surface area (Å²) in [6.07, 6.45) is -3.47. The van der Waals surface area contributed by atoms with Gasteiger partial charge in [-0.2, -0.15) is 16.7 Å². The van der Waals surface area contributed by atoms with Gasteiger partial charge in [0, 0.05) is 17.3 Å². The topological polar surface area (TPSA) is 56.0 Å². The number of aromatic nitrogens is 2. The predicted octanol–water partition coefficient (Wildman–Crippen LogP) is 1.97. The minimum Gasteiger partial charge on any atom is -0.339 e. The minimum atomic E-state index is -2.98. The third-order valence-electron chi connectivity index (χ3n) is 2.16. The molecule has 94 valence electrons. The van der Waals surface area contributed by atoms with Crippen molar-refractivity contribution in [1.82, 2.24) is 10.1 Å². The van der Waals surface area contributed by atoms with Crippen LogP contribution in [0.2, 0.25) is 0 Å². The lowest BCUT2D eigenvalue weighted by atomic mass is 10.3. The van der Waals surface area contributed by atoms with Crippen LogP contribution in [0.1, 0.15) is 17.0 Å². The molecule has 0 aliphatic carbocycles. The molecule has 0 amide bonds. The van der Waals surface area contributed by atoms with Gasteiger partial charge in [-0.3, -0.25) is 4.79 Å². The molecule has 1 aromatic heterocycles. The third-order valence-corrected chi connectivity index (χ3v) is 4.91. The van der Waals surface area contributed by atoms with Crippen LogP contribution in [0.4, 0.5) is 8.78 Å². The Bertz CT molecular complexity index is 394. The van der Waals surface area contributed by atoms with Crippen molar-refractivity contribution in [3.05, 3.63) is 11.7 Å². The number of alkyl halides is 2. The SMILES string of the molecule is O=C(Cc1nc(C2CSCCS2)no1)C(F)F. The number of halogens is 2. The molecule has 8 heteroatoms. The molecular weight excluding hydrogens is 270 g/mol. The summed E-state index contributed by atoms with van der Waals surface area (Å²) in [5, 5.41) is 3.87. The van der Waals surface area contributed by atoms with Crippen LogP contribution in [0, 0.1) is 0 Å². The fourth-order valence-corrected chi connectivity index (χ4v) is 3.92. The summed E-state index contributed by atoms with van der Waals surface area (Å²) >= 11 is 3.51. The molecule has 2 rings (SSSR count). The zero-order chi connectivity index (χ0) is 12.3. The van der Waals surface area contributed by atoms with E-state index in [0.29, 0.717) is 5.82 Å². The van der Waals surface area contributed by atoms with Crippen molar-refractivity contribution in [3.63, 3.8) is 0 Å². The lowest BCUT2D eigenvalue weighted by Gasteiger charge is -2.16. The van der Waals surface area contributed by atoms with Crippen LogP contribution in [-0.2, 0) is 11.2 Å². The first kappa shape index (κ1) is 12.8. The summed E-state index contributed by atoms with van der Waals surface area (Å²) in [5.74, 6) is 2.27. The number of nitrogens with zero attached hydrogens (tertiary/aromatic N) is 2. The number of hydrogen-bond acceptors (Lipinski definition) is 6. The molecule has 17 heavy (non-hydrogen) atoms. The van der Waals surface area contributed by atoms with Crippen LogP contribution in [-0.4, -0.2) is 39.6 Å². The van der Waals surface area contributed by atoms with Gasteiger partial charge >= 0.3 is 0 Å². The number of thioether (sulfide) groups is 2. The second-order valence-corrected chi connectivity index (χ2v) is 5.88. The van der Waals surface area contributed by atoms with E-state index in [1.54, 1.807) is 23.5 Å². The quantitative estimate of drug-likeness (QED) is 0.840. The Hall–Kier alpha value is -0.630. The summed E-state index contributed by atoms with van der Waals surface area (Å²) in [6, 6.07) is 0. The van der Waals surface area contributed by atoms with Gasteiger partial charge < -0.3 is 4.52 Å². The molecule has 0 bridgehead atoms. The van der Waals surface area contributed by atoms with E-state index in [9.17, 15) is 13.6 Å². The van der Waals surface area contributed by atoms with Crippen LogP contribution in [0.5, 0.6) is 0 Å². The molecule has 0 saturated carbocycles. The first-order valence-corrected chi connectivity index (χ1v) is 7.20. The van der Waals surface area contributed by atoms with Gasteiger partial charge in [0.1, 0.15) is 0 Å². The van der Waals surface area contributed by atoms with Crippen molar-refractivity contribution in [1.29, 1.82) is 0 Å². The van der Waals surface area contributed by atoms with E-state index < -0.39 is 18.6 Å². The average molecular weight is 280 g/mol. The molecule has 1 aliphatic rings. The van der Waals surface area contributed by atoms with E-state index in [1.165, 1.54) is 0 Å². The van der Waals surface area contributed by atoms with Gasteiger partial charge in [0.25, 0.3) is 6.43 Å². The van der Waals surface area contributed by atoms with E-state index in [4.69, 9.17) is 4.52 Å². The highest BCUT2D eigenvalue weighted by Crippen LogP contribution is 2.35. The van der Waals surface area contributed by atoms with Crippen LogP contribution >= 0.6 is 23.5 Å². The number of Topliss-reactive ketones (excluding diaryl/α,β-unsaturated/α-hetero) is 1. The maximum atomic E-state index is 12.0. The second-order valence-electron chi connectivity index (χ2n) is 3.42. The van der Waals surface area contributed by atoms with Gasteiger partial charge in [-0.15, -0.1) is 11.8 Å². The van der Waals surface area contributed by atoms with Crippen molar-refractivity contribution in [2.45, 2.75) is 18.1 Å². The zero-order valence-corrected chi connectivity index (χ0v) is 10.4. The summed E-state index contributed by atoms with van der Waals surface area (Å²) in [7, 11) is 0. The molecule has 1 unspecified atom stereocenters. The molecule has 1 aliphatic heterocycles. The van der Waals surface area contributed by atoms with Crippen molar-refractivity contribution >= 4 is 29.3 Å². The molecule has 0 radical (unpaired) electrons. The molecule has 0 aromatic carbocycles. The van der Waals surface area contributed by atoms with Gasteiger partial charge in [-0.25, -0.2) is 8.78 Å². The first-order chi connectivity index (χ1) is 8.16. The molecule has 1 fully saturated rings. The summed E-state index contributed by atoms with van der Waals surface area (Å²) in [6.45, 7) is 0. The van der Waals surface area contributed by atoms with E-state index in [-0.39, 0.29) is 11.1 Å². The molecule has 2 heterocycles. The van der Waals surface area contributed by atoms with E-state index in [0.717, 1.165) is 17.3 Å². The van der Waals surface area contributed by atoms with Gasteiger partial charge in [0.05, 0.1) is 11.7 Å². The second kappa shape index (κ2) is 5.81. The van der Waals surface area contributed by atoms with Gasteiger partial charge in [-0.05, 0) is 0 Å². The highest BCUT2D eigenvalue weighted by atomic mass is 32.2. The highest BCUT2D eigenvalue weighted by molar-refractivity contribution is 8.06. The number of ketones is 1. The van der Waals surface area contributed by atoms with Crippen LogP contribution < -0.4 is 0 Å². The fourth-order valence-electron chi connectivity index (χ4n) is 1.33. The lowest BCUT2D eigenvalue weighted by molar-refractivity contribution is -0.129. The van der Waals surface area contributed by atoms with Crippen molar-refractivity contribution in [3.8, 4) is 0 Å². The van der Waals surface area contributed by atoms with Crippen LogP contribution in [0.3, 0.4) is 0 Å². The maximum absolute atomic E-state index is 12.0. The largest absolute Gasteiger partial charge is 0.339 e. The number of carbonyl (C=O) groups excluding carboxylic acids is 1. The molecule has 1 atom stereocenters. The Kier molecular flexibility index (Phi) is 4.38. The smallest absolute Gasteiger partial charge is 0.296 e. The normalized spacial score (nSPS) is 20.8. The number of hydrogen-bond donors (Lipinski definition) is 0. The van der Waals surface area contributed by atoms with Crippen LogP contribution in [0.25, 0.3) is 0 Å².